The average Bonchev–Trinajstić information content (AvgIpc) is 3.19. The second kappa shape index (κ2) is 14.3. The molecule has 9 unspecified atom stereocenters. The Hall–Kier alpha value is -4.72. The molecule has 3 aliphatic carbocycles. The number of esters is 2. The largest absolute Gasteiger partial charge is 0.457 e. The molecule has 5 N–H and O–H groups in total. The molecule has 296 valence electrons. The van der Waals surface area contributed by atoms with Gasteiger partial charge in [-0.15, -0.1) is 0 Å². The lowest BCUT2D eigenvalue weighted by atomic mass is 9.44. The van der Waals surface area contributed by atoms with Crippen LogP contribution in [0.1, 0.15) is 79.8 Å². The summed E-state index contributed by atoms with van der Waals surface area (Å²) in [6, 6.07) is 24.7. The van der Waals surface area contributed by atoms with Crippen molar-refractivity contribution in [2.75, 3.05) is 6.61 Å². The summed E-state index contributed by atoms with van der Waals surface area (Å²) in [4.78, 5) is 56.5. The molecule has 4 aliphatic rings. The second-order valence-corrected chi connectivity index (χ2v) is 16.6. The highest BCUT2D eigenvalue weighted by atomic mass is 16.6. The number of hydrogen-bond acceptors (Lipinski definition) is 11. The van der Waals surface area contributed by atoms with Gasteiger partial charge in [-0.3, -0.25) is 14.4 Å². The van der Waals surface area contributed by atoms with Gasteiger partial charge in [-0.2, -0.15) is 0 Å². The fourth-order valence-electron chi connectivity index (χ4n) is 9.73. The first-order valence-corrected chi connectivity index (χ1v) is 19.0. The number of amides is 1. The molecule has 1 saturated heterocycles. The number of fused-ring (bicyclic) bond motifs is 5. The summed E-state index contributed by atoms with van der Waals surface area (Å²) in [5.74, 6) is -5.31. The average molecular weight is 768 g/mol. The molecule has 0 aromatic heterocycles. The van der Waals surface area contributed by atoms with Crippen LogP contribution in [-0.4, -0.2) is 92.4 Å². The summed E-state index contributed by atoms with van der Waals surface area (Å²) in [5.41, 5.74) is -6.02. The molecule has 56 heavy (non-hydrogen) atoms. The van der Waals surface area contributed by atoms with E-state index in [9.17, 15) is 39.6 Å². The number of carbonyl (C=O) groups excluding carboxylic acids is 4. The van der Waals surface area contributed by atoms with Crippen molar-refractivity contribution in [2.24, 2.45) is 22.7 Å². The van der Waals surface area contributed by atoms with Crippen molar-refractivity contribution >= 4 is 23.6 Å². The van der Waals surface area contributed by atoms with E-state index in [2.05, 4.69) is 5.32 Å². The first kappa shape index (κ1) is 39.5. The lowest BCUT2D eigenvalue weighted by Gasteiger charge is -2.66. The minimum atomic E-state index is -2.22. The molecule has 0 spiro atoms. The predicted octanol–water partition coefficient (Wildman–Crippen LogP) is 3.87. The Morgan fingerprint density at radius 3 is 2.00 bits per heavy atom. The Kier molecular flexibility index (Phi) is 10.1. The molecule has 11 atom stereocenters. The number of ketones is 1. The van der Waals surface area contributed by atoms with E-state index < -0.39 is 94.1 Å². The molecule has 0 radical (unpaired) electrons. The summed E-state index contributed by atoms with van der Waals surface area (Å²) in [6.07, 6.45) is -7.80. The highest BCUT2D eigenvalue weighted by Gasteiger charge is 2.76. The zero-order valence-corrected chi connectivity index (χ0v) is 32.0. The fraction of sp³-hybridized carbons (Fsp3) is 0.455. The summed E-state index contributed by atoms with van der Waals surface area (Å²) in [6.45, 7) is 7.57. The van der Waals surface area contributed by atoms with E-state index in [1.807, 2.05) is 6.07 Å². The van der Waals surface area contributed by atoms with Crippen LogP contribution in [0.25, 0.3) is 0 Å². The molecule has 3 aromatic carbocycles. The van der Waals surface area contributed by atoms with Gasteiger partial charge in [-0.05, 0) is 61.7 Å². The molecule has 1 amide bonds. The molecule has 12 nitrogen and oxygen atoms in total. The third kappa shape index (κ3) is 6.10. The second-order valence-electron chi connectivity index (χ2n) is 16.6. The predicted molar refractivity (Wildman–Crippen MR) is 202 cm³/mol. The number of ether oxygens (including phenoxy) is 3. The highest BCUT2D eigenvalue weighted by molar-refractivity contribution is 5.95. The van der Waals surface area contributed by atoms with Crippen molar-refractivity contribution in [2.45, 2.75) is 95.2 Å². The van der Waals surface area contributed by atoms with Gasteiger partial charge in [0.2, 0.25) is 0 Å². The van der Waals surface area contributed by atoms with Crippen LogP contribution >= 0.6 is 0 Å². The number of aliphatic hydroxyl groups excluding tert-OH is 2. The molecule has 1 aliphatic heterocycles. The molecule has 2 bridgehead atoms. The number of aliphatic hydroxyl groups is 4. The quantitative estimate of drug-likeness (QED) is 0.165. The molecular formula is C44H49NO11. The van der Waals surface area contributed by atoms with E-state index in [-0.39, 0.29) is 30.6 Å². The Bertz CT molecular complexity index is 2040. The van der Waals surface area contributed by atoms with Crippen LogP contribution in [0.5, 0.6) is 0 Å². The minimum Gasteiger partial charge on any atom is -0.457 e. The van der Waals surface area contributed by atoms with Crippen LogP contribution in [0.4, 0.5) is 0 Å². The zero-order chi connectivity index (χ0) is 40.4. The van der Waals surface area contributed by atoms with Gasteiger partial charge in [0.25, 0.3) is 5.91 Å². The van der Waals surface area contributed by atoms with Crippen LogP contribution < -0.4 is 5.32 Å². The minimum absolute atomic E-state index is 0.0466. The number of carbonyl (C=O) groups is 4. The third-order valence-corrected chi connectivity index (χ3v) is 13.2. The van der Waals surface area contributed by atoms with Gasteiger partial charge in [0.1, 0.15) is 29.5 Å². The maximum atomic E-state index is 14.8. The van der Waals surface area contributed by atoms with Crippen LogP contribution in [-0.2, 0) is 23.8 Å². The van der Waals surface area contributed by atoms with Gasteiger partial charge >= 0.3 is 11.9 Å². The maximum absolute atomic E-state index is 14.8. The summed E-state index contributed by atoms with van der Waals surface area (Å²) < 4.78 is 18.2. The smallest absolute Gasteiger partial charge is 0.338 e. The Labute approximate surface area is 325 Å². The van der Waals surface area contributed by atoms with Crippen molar-refractivity contribution in [3.05, 3.63) is 119 Å². The molecule has 12 heteroatoms. The lowest BCUT2D eigenvalue weighted by Crippen LogP contribution is -2.81. The van der Waals surface area contributed by atoms with Crippen molar-refractivity contribution in [1.82, 2.24) is 5.32 Å². The molecule has 3 aromatic rings. The van der Waals surface area contributed by atoms with Crippen molar-refractivity contribution in [1.29, 1.82) is 0 Å². The van der Waals surface area contributed by atoms with Gasteiger partial charge in [0.15, 0.2) is 5.78 Å². The van der Waals surface area contributed by atoms with Crippen molar-refractivity contribution in [3.63, 3.8) is 0 Å². The van der Waals surface area contributed by atoms with Crippen LogP contribution in [0, 0.1) is 22.7 Å². The number of benzene rings is 3. The Morgan fingerprint density at radius 1 is 0.857 bits per heavy atom. The first-order chi connectivity index (χ1) is 26.5. The topological polar surface area (TPSA) is 189 Å². The summed E-state index contributed by atoms with van der Waals surface area (Å²) in [7, 11) is 0. The van der Waals surface area contributed by atoms with E-state index in [1.54, 1.807) is 100 Å². The normalized spacial score (nSPS) is 34.3. The third-order valence-electron chi connectivity index (χ3n) is 13.2. The maximum Gasteiger partial charge on any atom is 0.338 e. The van der Waals surface area contributed by atoms with E-state index in [4.69, 9.17) is 14.2 Å². The van der Waals surface area contributed by atoms with Crippen molar-refractivity contribution in [3.8, 4) is 0 Å². The van der Waals surface area contributed by atoms with Crippen LogP contribution in [0.2, 0.25) is 0 Å². The first-order valence-electron chi connectivity index (χ1n) is 19.0. The van der Waals surface area contributed by atoms with Gasteiger partial charge in [-0.25, -0.2) is 4.79 Å². The molecule has 7 rings (SSSR count). The molecule has 3 fully saturated rings. The van der Waals surface area contributed by atoms with E-state index >= 15 is 0 Å². The van der Waals surface area contributed by atoms with Crippen molar-refractivity contribution < 1.29 is 53.8 Å². The standard InChI is InChI=1S/C44H49NO11/c1-24-29(55-39(50)25(2)33(26-15-9-6-10-16-26)45-38(49)27-17-11-7-12-18-27)22-44(53)37(56-40(51)28-19-13-8-14-20-28)35-42(5,30(46)21-31-43(35,52)23-54-31)36(48)34(47)32(24)41(44,3)4/h6-20,25,29-31,33-35,37,46-47,52-53H,21-23H2,1-5H3,(H,45,49)/t25-,29?,30?,31?,33?,34?,35?,37?,42-,43?,44?/m1/s1. The molecular weight excluding hydrogens is 718 g/mol. The number of rotatable bonds is 8. The highest BCUT2D eigenvalue weighted by Crippen LogP contribution is 2.63. The fourth-order valence-corrected chi connectivity index (χ4v) is 9.73. The van der Waals surface area contributed by atoms with Gasteiger partial charge < -0.3 is 40.0 Å². The Morgan fingerprint density at radius 2 is 1.43 bits per heavy atom. The summed E-state index contributed by atoms with van der Waals surface area (Å²) in [5, 5.41) is 52.4. The molecule has 2 saturated carbocycles. The number of nitrogens with one attached hydrogen (secondary N) is 1. The SMILES string of the molecule is CC1=C2C(O)C(=O)[C@]3(C)C(O)CC4OCC4(O)C3C(OC(=O)c3ccccc3)C(O)(CC1OC(=O)[C@H](C)C(NC(=O)c1ccccc1)c1ccccc1)C2(C)C. The van der Waals surface area contributed by atoms with E-state index in [0.717, 1.165) is 0 Å². The number of hydrogen-bond donors (Lipinski definition) is 5. The van der Waals surface area contributed by atoms with Gasteiger partial charge in [-0.1, -0.05) is 80.6 Å². The number of Topliss-reactive ketones (excluding diaryl/α,β-unsaturated/α-hetero) is 1. The zero-order valence-electron chi connectivity index (χ0n) is 32.0. The van der Waals surface area contributed by atoms with Crippen LogP contribution in [0.15, 0.2) is 102 Å². The van der Waals surface area contributed by atoms with E-state index in [0.29, 0.717) is 16.7 Å². The van der Waals surface area contributed by atoms with Gasteiger partial charge in [0.05, 0.1) is 41.8 Å². The lowest BCUT2D eigenvalue weighted by molar-refractivity contribution is -0.343. The monoisotopic (exact) mass is 767 g/mol. The van der Waals surface area contributed by atoms with Gasteiger partial charge in [0, 0.05) is 29.7 Å². The Balaban J connectivity index is 1.31. The summed E-state index contributed by atoms with van der Waals surface area (Å²) >= 11 is 0. The van der Waals surface area contributed by atoms with E-state index in [1.165, 1.54) is 19.1 Å². The molecule has 1 heterocycles. The van der Waals surface area contributed by atoms with Crippen LogP contribution in [0.3, 0.4) is 0 Å².